The number of nitrogens with one attached hydrogen (secondary N) is 1. The lowest BCUT2D eigenvalue weighted by molar-refractivity contribution is -0.143. The van der Waals surface area contributed by atoms with Gasteiger partial charge in [-0.3, -0.25) is 0 Å². The molecule has 23 heavy (non-hydrogen) atoms. The number of carbonyl (C=O) groups is 1. The van der Waals surface area contributed by atoms with Gasteiger partial charge in [-0.2, -0.15) is 13.2 Å². The first-order valence-corrected chi connectivity index (χ1v) is 7.74. The Morgan fingerprint density at radius 1 is 1.22 bits per heavy atom. The third-order valence-electron chi connectivity index (χ3n) is 3.31. The summed E-state index contributed by atoms with van der Waals surface area (Å²) >= 11 is 0. The van der Waals surface area contributed by atoms with Crippen molar-refractivity contribution in [3.05, 3.63) is 23.0 Å². The molecule has 1 rings (SSSR count). The molecule has 0 aliphatic heterocycles. The van der Waals surface area contributed by atoms with Gasteiger partial charge < -0.3 is 14.6 Å². The van der Waals surface area contributed by atoms with E-state index >= 15 is 0 Å². The van der Waals surface area contributed by atoms with Crippen molar-refractivity contribution in [2.45, 2.75) is 65.8 Å². The molecule has 0 saturated heterocycles. The molecule has 1 heterocycles. The monoisotopic (exact) mass is 334 g/mol. The van der Waals surface area contributed by atoms with Crippen LogP contribution in [0.15, 0.2) is 6.07 Å². The maximum Gasteiger partial charge on any atom is 0.431 e. The second kappa shape index (κ2) is 7.27. The van der Waals surface area contributed by atoms with Gasteiger partial charge in [-0.1, -0.05) is 13.8 Å². The topological polar surface area (TPSA) is 43.3 Å². The molecule has 0 unspecified atom stereocenters. The summed E-state index contributed by atoms with van der Waals surface area (Å²) in [6.45, 7) is 8.96. The summed E-state index contributed by atoms with van der Waals surface area (Å²) in [5.41, 5.74) is 0.0404. The molecule has 0 aromatic carbocycles. The maximum atomic E-state index is 13.2. The van der Waals surface area contributed by atoms with Crippen LogP contribution in [0.4, 0.5) is 18.0 Å². The fourth-order valence-electron chi connectivity index (χ4n) is 2.44. The van der Waals surface area contributed by atoms with Crippen LogP contribution in [0.3, 0.4) is 0 Å². The highest BCUT2D eigenvalue weighted by Gasteiger charge is 2.36. The third kappa shape index (κ3) is 5.48. The first-order chi connectivity index (χ1) is 10.5. The van der Waals surface area contributed by atoms with Crippen molar-refractivity contribution in [3.8, 4) is 0 Å². The van der Waals surface area contributed by atoms with Crippen molar-refractivity contribution in [2.75, 3.05) is 6.54 Å². The lowest BCUT2D eigenvalue weighted by Gasteiger charge is -2.20. The lowest BCUT2D eigenvalue weighted by atomic mass is 10.1. The number of alkyl carbamates (subject to hydrolysis) is 1. The molecule has 1 amide bonds. The lowest BCUT2D eigenvalue weighted by Crippen LogP contribution is -2.34. The fourth-order valence-corrected chi connectivity index (χ4v) is 2.44. The minimum Gasteiger partial charge on any atom is -0.444 e. The first-order valence-electron chi connectivity index (χ1n) is 7.74. The second-order valence-corrected chi connectivity index (χ2v) is 6.29. The molecule has 0 aliphatic rings. The number of amides is 1. The summed E-state index contributed by atoms with van der Waals surface area (Å²) in [6, 6.07) is 1.20. The van der Waals surface area contributed by atoms with Crippen molar-refractivity contribution in [2.24, 2.45) is 0 Å². The number of halogens is 3. The fraction of sp³-hybridized carbons (Fsp3) is 0.688. The van der Waals surface area contributed by atoms with Gasteiger partial charge in [0.1, 0.15) is 11.3 Å². The number of nitrogens with zero attached hydrogens (tertiary/aromatic N) is 1. The van der Waals surface area contributed by atoms with Gasteiger partial charge in [-0.25, -0.2) is 4.79 Å². The molecule has 0 radical (unpaired) electrons. The molecule has 0 bridgehead atoms. The molecule has 132 valence electrons. The molecule has 1 N–H and O–H groups in total. The first kappa shape index (κ1) is 19.4. The Kier molecular flexibility index (Phi) is 6.13. The van der Waals surface area contributed by atoms with Crippen LogP contribution in [0.25, 0.3) is 0 Å². The standard InChI is InChI=1S/C16H25F3N2O2/c1-6-11-10-13(16(17,18)19)21(12(11)7-2)9-8-20-14(22)23-15(3,4)5/h10H,6-9H2,1-5H3,(H,20,22). The molecule has 0 saturated carbocycles. The van der Waals surface area contributed by atoms with Gasteiger partial charge in [0, 0.05) is 18.8 Å². The van der Waals surface area contributed by atoms with Crippen molar-refractivity contribution in [1.82, 2.24) is 9.88 Å². The van der Waals surface area contributed by atoms with E-state index in [4.69, 9.17) is 4.74 Å². The van der Waals surface area contributed by atoms with E-state index in [0.717, 1.165) is 0 Å². The number of rotatable bonds is 5. The quantitative estimate of drug-likeness (QED) is 0.879. The maximum absolute atomic E-state index is 13.2. The van der Waals surface area contributed by atoms with E-state index < -0.39 is 23.6 Å². The van der Waals surface area contributed by atoms with Gasteiger partial charge in [0.25, 0.3) is 0 Å². The predicted molar refractivity (Wildman–Crippen MR) is 82.4 cm³/mol. The third-order valence-corrected chi connectivity index (χ3v) is 3.31. The minimum absolute atomic E-state index is 0.0528. The molecule has 0 aliphatic carbocycles. The number of aryl methyl sites for hydroxylation is 1. The van der Waals surface area contributed by atoms with Crippen LogP contribution >= 0.6 is 0 Å². The molecule has 0 fully saturated rings. The van der Waals surface area contributed by atoms with Crippen molar-refractivity contribution >= 4 is 6.09 Å². The van der Waals surface area contributed by atoms with Crippen LogP contribution in [-0.4, -0.2) is 22.8 Å². The zero-order chi connectivity index (χ0) is 17.8. The molecule has 7 heteroatoms. The SMILES string of the molecule is CCc1cc(C(F)(F)F)n(CCNC(=O)OC(C)(C)C)c1CC. The van der Waals surface area contributed by atoms with Crippen LogP contribution in [0.1, 0.15) is 51.6 Å². The van der Waals surface area contributed by atoms with Gasteiger partial charge >= 0.3 is 12.3 Å². The average Bonchev–Trinajstić information content (AvgIpc) is 2.74. The summed E-state index contributed by atoms with van der Waals surface area (Å²) in [5, 5.41) is 2.50. The van der Waals surface area contributed by atoms with E-state index in [1.54, 1.807) is 20.8 Å². The minimum atomic E-state index is -4.41. The van der Waals surface area contributed by atoms with E-state index in [1.165, 1.54) is 10.6 Å². The molecule has 1 aromatic rings. The normalized spacial score (nSPS) is 12.3. The Bertz CT molecular complexity index is 543. The van der Waals surface area contributed by atoms with Gasteiger partial charge in [0.15, 0.2) is 0 Å². The molecule has 0 spiro atoms. The van der Waals surface area contributed by atoms with Crippen LogP contribution in [-0.2, 0) is 30.3 Å². The van der Waals surface area contributed by atoms with Crippen molar-refractivity contribution < 1.29 is 22.7 Å². The Balaban J connectivity index is 2.87. The Labute approximate surface area is 135 Å². The molecular formula is C16H25F3N2O2. The summed E-state index contributed by atoms with van der Waals surface area (Å²) in [7, 11) is 0. The van der Waals surface area contributed by atoms with Gasteiger partial charge in [-0.05, 0) is 45.2 Å². The van der Waals surface area contributed by atoms with Crippen molar-refractivity contribution in [1.29, 1.82) is 0 Å². The van der Waals surface area contributed by atoms with E-state index in [9.17, 15) is 18.0 Å². The summed E-state index contributed by atoms with van der Waals surface area (Å²) in [6.07, 6.45) is -4.00. The van der Waals surface area contributed by atoms with Crippen LogP contribution < -0.4 is 5.32 Å². The highest BCUT2D eigenvalue weighted by molar-refractivity contribution is 5.67. The van der Waals surface area contributed by atoms with E-state index in [1.807, 2.05) is 13.8 Å². The molecule has 1 aromatic heterocycles. The predicted octanol–water partition coefficient (Wildman–Crippen LogP) is 4.16. The number of aromatic nitrogens is 1. The molecule has 4 nitrogen and oxygen atoms in total. The number of alkyl halides is 3. The second-order valence-electron chi connectivity index (χ2n) is 6.29. The molecule has 0 atom stereocenters. The largest absolute Gasteiger partial charge is 0.444 e. The number of carbonyl (C=O) groups excluding carboxylic acids is 1. The summed E-state index contributed by atoms with van der Waals surface area (Å²) in [5.74, 6) is 0. The van der Waals surface area contributed by atoms with Gasteiger partial charge in [-0.15, -0.1) is 0 Å². The number of hydrogen-bond acceptors (Lipinski definition) is 2. The van der Waals surface area contributed by atoms with Gasteiger partial charge in [0.2, 0.25) is 0 Å². The Hall–Kier alpha value is -1.66. The highest BCUT2D eigenvalue weighted by Crippen LogP contribution is 2.33. The molecular weight excluding hydrogens is 309 g/mol. The van der Waals surface area contributed by atoms with E-state index in [-0.39, 0.29) is 13.1 Å². The zero-order valence-electron chi connectivity index (χ0n) is 14.3. The van der Waals surface area contributed by atoms with Crippen LogP contribution in [0, 0.1) is 0 Å². The summed E-state index contributed by atoms with van der Waals surface area (Å²) < 4.78 is 45.9. The average molecular weight is 334 g/mol. The smallest absolute Gasteiger partial charge is 0.431 e. The number of ether oxygens (including phenoxy) is 1. The zero-order valence-corrected chi connectivity index (χ0v) is 14.3. The van der Waals surface area contributed by atoms with E-state index in [2.05, 4.69) is 5.32 Å². The van der Waals surface area contributed by atoms with Gasteiger partial charge in [0.05, 0.1) is 0 Å². The highest BCUT2D eigenvalue weighted by atomic mass is 19.4. The van der Waals surface area contributed by atoms with E-state index in [0.29, 0.717) is 24.1 Å². The Morgan fingerprint density at radius 3 is 2.26 bits per heavy atom. The van der Waals surface area contributed by atoms with Crippen LogP contribution in [0.5, 0.6) is 0 Å². The van der Waals surface area contributed by atoms with Crippen LogP contribution in [0.2, 0.25) is 0 Å². The summed E-state index contributed by atoms with van der Waals surface area (Å²) in [4.78, 5) is 11.6. The number of hydrogen-bond donors (Lipinski definition) is 1. The van der Waals surface area contributed by atoms with Crippen molar-refractivity contribution in [3.63, 3.8) is 0 Å². The Morgan fingerprint density at radius 2 is 1.83 bits per heavy atom.